The van der Waals surface area contributed by atoms with E-state index < -0.39 is 15.6 Å². The number of nitrogens with two attached hydrogens (primary N) is 1. The maximum Gasteiger partial charge on any atom is 0.214 e. The summed E-state index contributed by atoms with van der Waals surface area (Å²) < 4.78 is 31.7. The average Bonchev–Trinajstić information content (AvgIpc) is 2.32. The number of sulfonamides is 1. The molecule has 0 aromatic rings. The van der Waals surface area contributed by atoms with Crippen molar-refractivity contribution in [2.45, 2.75) is 45.1 Å². The van der Waals surface area contributed by atoms with Gasteiger partial charge in [0.15, 0.2) is 0 Å². The van der Waals surface area contributed by atoms with Crippen molar-refractivity contribution in [1.29, 1.82) is 5.41 Å². The van der Waals surface area contributed by atoms with Gasteiger partial charge in [-0.2, -0.15) is 0 Å². The highest BCUT2D eigenvalue weighted by Gasteiger charge is 2.40. The fourth-order valence-corrected chi connectivity index (χ4v) is 3.69. The highest BCUT2D eigenvalue weighted by Crippen LogP contribution is 2.32. The third-order valence-electron chi connectivity index (χ3n) is 3.69. The SMILES string of the molecule is CCOCCS(=O)(=O)NC1(C(=N)N)CCC(C)CC1. The van der Waals surface area contributed by atoms with Crippen LogP contribution in [0.2, 0.25) is 0 Å². The molecule has 0 bridgehead atoms. The zero-order valence-electron chi connectivity index (χ0n) is 11.7. The minimum atomic E-state index is -3.47. The number of amidine groups is 1. The van der Waals surface area contributed by atoms with Gasteiger partial charge in [-0.15, -0.1) is 0 Å². The zero-order chi connectivity index (χ0) is 14.5. The van der Waals surface area contributed by atoms with E-state index in [9.17, 15) is 8.42 Å². The van der Waals surface area contributed by atoms with Gasteiger partial charge in [-0.25, -0.2) is 13.1 Å². The standard InChI is InChI=1S/C12H25N3O3S/c1-3-18-8-9-19(16,17)15-12(11(13)14)6-4-10(2)5-7-12/h10,15H,3-9H2,1-2H3,(H3,13,14). The summed E-state index contributed by atoms with van der Waals surface area (Å²) in [7, 11) is -3.47. The van der Waals surface area contributed by atoms with Gasteiger partial charge in [0.05, 0.1) is 17.9 Å². The molecule has 1 aliphatic rings. The van der Waals surface area contributed by atoms with E-state index >= 15 is 0 Å². The molecule has 6 nitrogen and oxygen atoms in total. The van der Waals surface area contributed by atoms with Crippen molar-refractivity contribution < 1.29 is 13.2 Å². The van der Waals surface area contributed by atoms with Crippen LogP contribution in [0.15, 0.2) is 0 Å². The Balaban J connectivity index is 2.71. The summed E-state index contributed by atoms with van der Waals surface area (Å²) in [4.78, 5) is 0. The molecule has 0 aromatic carbocycles. The van der Waals surface area contributed by atoms with Crippen LogP contribution in [0.1, 0.15) is 39.5 Å². The molecule has 4 N–H and O–H groups in total. The Hall–Kier alpha value is -0.660. The van der Waals surface area contributed by atoms with Crippen LogP contribution in [0.5, 0.6) is 0 Å². The van der Waals surface area contributed by atoms with Crippen molar-refractivity contribution in [2.75, 3.05) is 19.0 Å². The van der Waals surface area contributed by atoms with Gasteiger partial charge in [0, 0.05) is 6.61 Å². The van der Waals surface area contributed by atoms with Gasteiger partial charge in [-0.3, -0.25) is 5.41 Å². The quantitative estimate of drug-likeness (QED) is 0.367. The summed E-state index contributed by atoms with van der Waals surface area (Å²) in [6.07, 6.45) is 2.95. The van der Waals surface area contributed by atoms with Crippen LogP contribution < -0.4 is 10.5 Å². The number of rotatable bonds is 7. The Bertz CT molecular complexity index is 400. The molecule has 0 amide bonds. The van der Waals surface area contributed by atoms with Crippen molar-refractivity contribution in [2.24, 2.45) is 11.7 Å². The summed E-state index contributed by atoms with van der Waals surface area (Å²) in [5, 5.41) is 7.72. The van der Waals surface area contributed by atoms with E-state index in [0.717, 1.165) is 12.8 Å². The number of ether oxygens (including phenoxy) is 1. The molecular formula is C12H25N3O3S. The highest BCUT2D eigenvalue weighted by molar-refractivity contribution is 7.89. The van der Waals surface area contributed by atoms with Gasteiger partial charge < -0.3 is 10.5 Å². The lowest BCUT2D eigenvalue weighted by Crippen LogP contribution is -2.59. The summed E-state index contributed by atoms with van der Waals surface area (Å²) in [5.74, 6) is 0.380. The summed E-state index contributed by atoms with van der Waals surface area (Å²) in [6, 6.07) is 0. The van der Waals surface area contributed by atoms with E-state index in [-0.39, 0.29) is 18.2 Å². The van der Waals surface area contributed by atoms with Crippen LogP contribution >= 0.6 is 0 Å². The molecular weight excluding hydrogens is 266 g/mol. The number of hydrogen-bond acceptors (Lipinski definition) is 4. The summed E-state index contributed by atoms with van der Waals surface area (Å²) >= 11 is 0. The van der Waals surface area contributed by atoms with Gasteiger partial charge in [-0.05, 0) is 38.5 Å². The zero-order valence-corrected chi connectivity index (χ0v) is 12.6. The molecule has 7 heteroatoms. The molecule has 0 heterocycles. The van der Waals surface area contributed by atoms with Crippen LogP contribution in [-0.2, 0) is 14.8 Å². The Morgan fingerprint density at radius 3 is 2.53 bits per heavy atom. The molecule has 0 aromatic heterocycles. The van der Waals surface area contributed by atoms with Crippen LogP contribution in [-0.4, -0.2) is 38.8 Å². The van der Waals surface area contributed by atoms with Crippen LogP contribution in [0, 0.1) is 11.3 Å². The Kier molecular flexibility index (Phi) is 5.76. The minimum absolute atomic E-state index is 0.0839. The Morgan fingerprint density at radius 1 is 1.47 bits per heavy atom. The van der Waals surface area contributed by atoms with Crippen LogP contribution in [0.25, 0.3) is 0 Å². The molecule has 0 radical (unpaired) electrons. The van der Waals surface area contributed by atoms with Crippen LogP contribution in [0.4, 0.5) is 0 Å². The fraction of sp³-hybridized carbons (Fsp3) is 0.917. The predicted octanol–water partition coefficient (Wildman–Crippen LogP) is 0.827. The molecule has 19 heavy (non-hydrogen) atoms. The van der Waals surface area contributed by atoms with E-state index in [1.165, 1.54) is 0 Å². The van der Waals surface area contributed by atoms with Gasteiger partial charge in [0.2, 0.25) is 10.0 Å². The monoisotopic (exact) mass is 291 g/mol. The minimum Gasteiger partial charge on any atom is -0.386 e. The number of nitrogens with one attached hydrogen (secondary N) is 2. The molecule has 0 unspecified atom stereocenters. The largest absolute Gasteiger partial charge is 0.386 e. The maximum absolute atomic E-state index is 12.0. The molecule has 1 fully saturated rings. The summed E-state index contributed by atoms with van der Waals surface area (Å²) in [6.45, 7) is 4.61. The second-order valence-electron chi connectivity index (χ2n) is 5.30. The Morgan fingerprint density at radius 2 is 2.05 bits per heavy atom. The molecule has 1 rings (SSSR count). The molecule has 0 atom stereocenters. The lowest BCUT2D eigenvalue weighted by atomic mass is 9.77. The normalized spacial score (nSPS) is 28.2. The van der Waals surface area contributed by atoms with Crippen molar-refractivity contribution >= 4 is 15.9 Å². The van der Waals surface area contributed by atoms with E-state index in [1.54, 1.807) is 0 Å². The van der Waals surface area contributed by atoms with E-state index in [2.05, 4.69) is 11.6 Å². The van der Waals surface area contributed by atoms with Gasteiger partial charge in [0.1, 0.15) is 5.84 Å². The Labute approximate surface area is 115 Å². The third kappa shape index (κ3) is 4.74. The van der Waals surface area contributed by atoms with E-state index in [1.807, 2.05) is 6.92 Å². The first-order valence-electron chi connectivity index (χ1n) is 6.75. The average molecular weight is 291 g/mol. The molecule has 0 spiro atoms. The second kappa shape index (κ2) is 6.67. The predicted molar refractivity (Wildman–Crippen MR) is 75.7 cm³/mol. The van der Waals surface area contributed by atoms with Crippen molar-refractivity contribution in [3.63, 3.8) is 0 Å². The van der Waals surface area contributed by atoms with Crippen LogP contribution in [0.3, 0.4) is 0 Å². The number of hydrogen-bond donors (Lipinski definition) is 3. The first kappa shape index (κ1) is 16.4. The smallest absolute Gasteiger partial charge is 0.214 e. The first-order chi connectivity index (χ1) is 8.81. The topological polar surface area (TPSA) is 105 Å². The van der Waals surface area contributed by atoms with E-state index in [4.69, 9.17) is 15.9 Å². The lowest BCUT2D eigenvalue weighted by molar-refractivity contribution is 0.163. The lowest BCUT2D eigenvalue weighted by Gasteiger charge is -2.38. The van der Waals surface area contributed by atoms with Gasteiger partial charge in [-0.1, -0.05) is 6.92 Å². The first-order valence-corrected chi connectivity index (χ1v) is 8.40. The van der Waals surface area contributed by atoms with E-state index in [0.29, 0.717) is 25.4 Å². The molecule has 1 aliphatic carbocycles. The van der Waals surface area contributed by atoms with Crippen molar-refractivity contribution in [3.05, 3.63) is 0 Å². The third-order valence-corrected chi connectivity index (χ3v) is 5.10. The van der Waals surface area contributed by atoms with Gasteiger partial charge >= 0.3 is 0 Å². The molecule has 1 saturated carbocycles. The van der Waals surface area contributed by atoms with Crippen molar-refractivity contribution in [3.8, 4) is 0 Å². The molecule has 0 aliphatic heterocycles. The van der Waals surface area contributed by atoms with Gasteiger partial charge in [0.25, 0.3) is 0 Å². The fourth-order valence-electron chi connectivity index (χ4n) is 2.34. The second-order valence-corrected chi connectivity index (χ2v) is 7.14. The maximum atomic E-state index is 12.0. The highest BCUT2D eigenvalue weighted by atomic mass is 32.2. The summed E-state index contributed by atoms with van der Waals surface area (Å²) in [5.41, 5.74) is 4.74. The molecule has 0 saturated heterocycles. The molecule has 112 valence electrons. The van der Waals surface area contributed by atoms with Crippen molar-refractivity contribution in [1.82, 2.24) is 4.72 Å².